The molecule has 0 saturated carbocycles. The molecule has 1 aromatic heterocycles. The molecule has 1 aromatic carbocycles. The van der Waals surface area contributed by atoms with E-state index in [4.69, 9.17) is 0 Å². The second-order valence-corrected chi connectivity index (χ2v) is 9.40. The molecule has 8 heteroatoms. The number of fused-ring (bicyclic) bond motifs is 4. The lowest BCUT2D eigenvalue weighted by Crippen LogP contribution is -2.49. The summed E-state index contributed by atoms with van der Waals surface area (Å²) in [5, 5.41) is 7.12. The Balaban J connectivity index is 1.57. The summed E-state index contributed by atoms with van der Waals surface area (Å²) < 4.78 is 56.8. The predicted octanol–water partition coefficient (Wildman–Crippen LogP) is 5.40. The molecule has 5 rings (SSSR count). The maximum atomic E-state index is 13.9. The molecule has 1 heterocycles. The van der Waals surface area contributed by atoms with Crippen molar-refractivity contribution in [3.8, 4) is 5.69 Å². The van der Waals surface area contributed by atoms with Crippen molar-refractivity contribution in [2.45, 2.75) is 32.9 Å². The summed E-state index contributed by atoms with van der Waals surface area (Å²) in [4.78, 5) is 12.8. The Morgan fingerprint density at radius 1 is 1.26 bits per heavy atom. The number of alkyl halides is 3. The number of allylic oxidation sites excluding steroid dienone is 5. The lowest BCUT2D eigenvalue weighted by atomic mass is 9.56. The summed E-state index contributed by atoms with van der Waals surface area (Å²) in [5.41, 5.74) is 3.83. The van der Waals surface area contributed by atoms with E-state index in [0.717, 1.165) is 28.1 Å². The number of benzene rings is 1. The van der Waals surface area contributed by atoms with Crippen LogP contribution in [-0.4, -0.2) is 28.4 Å². The third kappa shape index (κ3) is 3.51. The van der Waals surface area contributed by atoms with Gasteiger partial charge in [-0.05, 0) is 61.2 Å². The SMILES string of the molecule is CCNC(=O)[C@H]1[C@H](C(F)(F)F)CC=C2[C@@H]1C=CC1=Cc3c(cnn3-c3ccc(F)cc3)C[C@@]12C. The monoisotopic (exact) mass is 471 g/mol. The number of carbonyl (C=O) groups excluding carboxylic acids is 1. The molecule has 4 atom stereocenters. The highest BCUT2D eigenvalue weighted by molar-refractivity contribution is 5.81. The molecule has 1 N–H and O–H groups in total. The number of hydrogen-bond acceptors (Lipinski definition) is 2. The molecule has 0 saturated heterocycles. The van der Waals surface area contributed by atoms with Gasteiger partial charge in [0.1, 0.15) is 5.82 Å². The molecule has 0 spiro atoms. The van der Waals surface area contributed by atoms with Gasteiger partial charge in [-0.15, -0.1) is 0 Å². The van der Waals surface area contributed by atoms with E-state index >= 15 is 0 Å². The van der Waals surface area contributed by atoms with Crippen LogP contribution in [0, 0.1) is 29.0 Å². The lowest BCUT2D eigenvalue weighted by Gasteiger charge is -2.48. The zero-order valence-corrected chi connectivity index (χ0v) is 18.9. The van der Waals surface area contributed by atoms with Crippen molar-refractivity contribution < 1.29 is 22.4 Å². The Morgan fingerprint density at radius 3 is 2.68 bits per heavy atom. The smallest absolute Gasteiger partial charge is 0.356 e. The van der Waals surface area contributed by atoms with Gasteiger partial charge in [-0.3, -0.25) is 4.79 Å². The van der Waals surface area contributed by atoms with Gasteiger partial charge in [0.25, 0.3) is 0 Å². The average Bonchev–Trinajstić information content (AvgIpc) is 3.18. The first kappa shape index (κ1) is 22.6. The number of rotatable bonds is 3. The maximum Gasteiger partial charge on any atom is 0.392 e. The molecule has 2 aromatic rings. The number of nitrogens with zero attached hydrogens (tertiary/aromatic N) is 2. The summed E-state index contributed by atoms with van der Waals surface area (Å²) in [6.45, 7) is 4.02. The standard InChI is InChI=1S/C26H25F4N3O/c1-3-31-24(34)23-19-9-4-16-12-22-15(14-32-33(22)18-7-5-17(27)6-8-18)13-25(16,2)20(19)10-11-21(23)26(28,29)30/h4-10,12,14,19,21,23H,3,11,13H2,1-2H3,(H,31,34)/t19-,21+,23+,25-/m0/s1. The lowest BCUT2D eigenvalue weighted by molar-refractivity contribution is -0.195. The van der Waals surface area contributed by atoms with E-state index in [9.17, 15) is 22.4 Å². The molecular formula is C26H25F4N3O. The number of aromatic nitrogens is 2. The molecule has 1 amide bonds. The van der Waals surface area contributed by atoms with Crippen LogP contribution in [0.2, 0.25) is 0 Å². The first-order valence-electron chi connectivity index (χ1n) is 11.4. The van der Waals surface area contributed by atoms with Crippen LogP contribution in [0.15, 0.2) is 59.8 Å². The Morgan fingerprint density at radius 2 is 2.00 bits per heavy atom. The summed E-state index contributed by atoms with van der Waals surface area (Å²) in [6, 6.07) is 6.05. The van der Waals surface area contributed by atoms with Crippen LogP contribution in [0.5, 0.6) is 0 Å². The molecule has 0 radical (unpaired) electrons. The van der Waals surface area contributed by atoms with E-state index in [0.29, 0.717) is 6.42 Å². The molecule has 4 nitrogen and oxygen atoms in total. The maximum absolute atomic E-state index is 13.9. The fraction of sp³-hybridized carbons (Fsp3) is 0.385. The van der Waals surface area contributed by atoms with Crippen molar-refractivity contribution >= 4 is 12.0 Å². The normalized spacial score (nSPS) is 27.8. The first-order valence-corrected chi connectivity index (χ1v) is 11.4. The number of halogens is 4. The second kappa shape index (κ2) is 7.96. The summed E-state index contributed by atoms with van der Waals surface area (Å²) in [7, 11) is 0. The van der Waals surface area contributed by atoms with Gasteiger partial charge in [0, 0.05) is 17.9 Å². The Bertz CT molecular complexity index is 1220. The van der Waals surface area contributed by atoms with Crippen LogP contribution < -0.4 is 5.32 Å². The van der Waals surface area contributed by atoms with E-state index < -0.39 is 35.3 Å². The molecular weight excluding hydrogens is 446 g/mol. The highest BCUT2D eigenvalue weighted by atomic mass is 19.4. The molecule has 0 bridgehead atoms. The van der Waals surface area contributed by atoms with Crippen LogP contribution in [0.25, 0.3) is 11.8 Å². The summed E-state index contributed by atoms with van der Waals surface area (Å²) in [6.07, 6.45) is 4.95. The zero-order valence-electron chi connectivity index (χ0n) is 18.9. The van der Waals surface area contributed by atoms with Crippen LogP contribution in [0.4, 0.5) is 17.6 Å². The fourth-order valence-electron chi connectivity index (χ4n) is 5.74. The van der Waals surface area contributed by atoms with Crippen molar-refractivity contribution in [3.63, 3.8) is 0 Å². The number of nitrogens with one attached hydrogen (secondary N) is 1. The van der Waals surface area contributed by atoms with Crippen molar-refractivity contribution in [3.05, 3.63) is 76.9 Å². The number of amides is 1. The van der Waals surface area contributed by atoms with E-state index in [-0.39, 0.29) is 18.8 Å². The molecule has 3 aliphatic carbocycles. The van der Waals surface area contributed by atoms with Gasteiger partial charge < -0.3 is 5.32 Å². The quantitative estimate of drug-likeness (QED) is 0.481. The highest BCUT2D eigenvalue weighted by Gasteiger charge is 2.55. The van der Waals surface area contributed by atoms with Gasteiger partial charge >= 0.3 is 6.18 Å². The summed E-state index contributed by atoms with van der Waals surface area (Å²) >= 11 is 0. The first-order chi connectivity index (χ1) is 16.1. The van der Waals surface area contributed by atoms with Gasteiger partial charge in [-0.25, -0.2) is 9.07 Å². The van der Waals surface area contributed by atoms with Gasteiger partial charge in [0.2, 0.25) is 5.91 Å². The number of carbonyl (C=O) groups is 1. The minimum atomic E-state index is -4.46. The van der Waals surface area contributed by atoms with Gasteiger partial charge in [0.15, 0.2) is 0 Å². The molecule has 0 fully saturated rings. The van der Waals surface area contributed by atoms with Gasteiger partial charge in [0.05, 0.1) is 29.4 Å². The minimum Gasteiger partial charge on any atom is -0.356 e. The van der Waals surface area contributed by atoms with Crippen LogP contribution in [-0.2, 0) is 11.2 Å². The minimum absolute atomic E-state index is 0.213. The third-order valence-corrected chi connectivity index (χ3v) is 7.40. The Labute approximate surface area is 195 Å². The van der Waals surface area contributed by atoms with E-state index in [2.05, 4.69) is 10.4 Å². The van der Waals surface area contributed by atoms with E-state index in [1.165, 1.54) is 12.1 Å². The average molecular weight is 471 g/mol. The van der Waals surface area contributed by atoms with Crippen molar-refractivity contribution in [2.75, 3.05) is 6.54 Å². The largest absolute Gasteiger partial charge is 0.392 e. The second-order valence-electron chi connectivity index (χ2n) is 9.40. The fourth-order valence-corrected chi connectivity index (χ4v) is 5.74. The highest BCUT2D eigenvalue weighted by Crippen LogP contribution is 2.56. The van der Waals surface area contributed by atoms with E-state index in [1.807, 2.05) is 19.1 Å². The van der Waals surface area contributed by atoms with Crippen LogP contribution in [0.3, 0.4) is 0 Å². The topological polar surface area (TPSA) is 46.9 Å². The van der Waals surface area contributed by atoms with Crippen molar-refractivity contribution in [1.82, 2.24) is 15.1 Å². The molecule has 0 aliphatic heterocycles. The van der Waals surface area contributed by atoms with Crippen LogP contribution >= 0.6 is 0 Å². The predicted molar refractivity (Wildman–Crippen MR) is 120 cm³/mol. The van der Waals surface area contributed by atoms with Crippen molar-refractivity contribution in [1.29, 1.82) is 0 Å². The van der Waals surface area contributed by atoms with Crippen molar-refractivity contribution in [2.24, 2.45) is 23.2 Å². The molecule has 34 heavy (non-hydrogen) atoms. The molecule has 3 aliphatic rings. The van der Waals surface area contributed by atoms with E-state index in [1.54, 1.807) is 42.1 Å². The Hall–Kier alpha value is -3.16. The van der Waals surface area contributed by atoms with Gasteiger partial charge in [-0.1, -0.05) is 30.7 Å². The Kier molecular flexibility index (Phi) is 5.30. The summed E-state index contributed by atoms with van der Waals surface area (Å²) in [5.74, 6) is -4.42. The third-order valence-electron chi connectivity index (χ3n) is 7.40. The van der Waals surface area contributed by atoms with Crippen LogP contribution in [0.1, 0.15) is 31.5 Å². The number of hydrogen-bond donors (Lipinski definition) is 1. The molecule has 0 unspecified atom stereocenters. The molecule has 178 valence electrons. The van der Waals surface area contributed by atoms with Gasteiger partial charge in [-0.2, -0.15) is 18.3 Å². The zero-order chi connectivity index (χ0) is 24.3.